The number of halogens is 3. The molecular weight excluding hydrogens is 267 g/mol. The Labute approximate surface area is 116 Å². The van der Waals surface area contributed by atoms with Crippen LogP contribution >= 0.6 is 0 Å². The molecule has 0 radical (unpaired) electrons. The highest BCUT2D eigenvalue weighted by Crippen LogP contribution is 2.39. The van der Waals surface area contributed by atoms with Crippen LogP contribution in [0.4, 0.5) is 24.5 Å². The van der Waals surface area contributed by atoms with Crippen LogP contribution in [0, 0.1) is 6.57 Å². The molecule has 0 aromatic heterocycles. The van der Waals surface area contributed by atoms with Crippen molar-refractivity contribution in [3.63, 3.8) is 0 Å². The van der Waals surface area contributed by atoms with E-state index in [0.29, 0.717) is 12.2 Å². The molecule has 1 aliphatic heterocycles. The second-order valence-corrected chi connectivity index (χ2v) is 4.77. The molecule has 0 spiro atoms. The Balaban J connectivity index is 2.40. The molecule has 108 valence electrons. The van der Waals surface area contributed by atoms with Gasteiger partial charge in [0.15, 0.2) is 5.69 Å². The number of anilines is 1. The van der Waals surface area contributed by atoms with Crippen LogP contribution in [-0.2, 0) is 6.18 Å². The fourth-order valence-electron chi connectivity index (χ4n) is 2.49. The molecule has 3 nitrogen and oxygen atoms in total. The zero-order chi connectivity index (χ0) is 14.8. The molecule has 0 saturated carbocycles. The predicted octanol–water partition coefficient (Wildman–Crippen LogP) is 3.44. The zero-order valence-corrected chi connectivity index (χ0v) is 11.2. The monoisotopic (exact) mass is 283 g/mol. The Kier molecular flexibility index (Phi) is 4.19. The van der Waals surface area contributed by atoms with Crippen LogP contribution in [0.5, 0.6) is 0 Å². The van der Waals surface area contributed by atoms with E-state index in [1.54, 1.807) is 6.07 Å². The molecule has 1 unspecified atom stereocenters. The van der Waals surface area contributed by atoms with Crippen molar-refractivity contribution in [3.8, 4) is 0 Å². The van der Waals surface area contributed by atoms with Crippen molar-refractivity contribution in [1.29, 1.82) is 0 Å². The lowest BCUT2D eigenvalue weighted by molar-refractivity contribution is -0.136. The standard InChI is InChI=1S/C14H16F3N3/c1-3-10-9-19-6-7-20(10)11-4-5-13(18-2)12(8-11)14(15,16)17/h4-5,8,10,19H,3,6-7,9H2,1H3. The minimum Gasteiger partial charge on any atom is -0.366 e. The van der Waals surface area contributed by atoms with Crippen LogP contribution in [0.1, 0.15) is 18.9 Å². The number of nitrogens with zero attached hydrogens (tertiary/aromatic N) is 2. The van der Waals surface area contributed by atoms with E-state index in [-0.39, 0.29) is 11.7 Å². The molecule has 1 aromatic rings. The second kappa shape index (κ2) is 5.71. The first-order chi connectivity index (χ1) is 9.47. The first-order valence-electron chi connectivity index (χ1n) is 6.53. The predicted molar refractivity (Wildman–Crippen MR) is 72.0 cm³/mol. The maximum Gasteiger partial charge on any atom is 0.407 e. The molecule has 20 heavy (non-hydrogen) atoms. The maximum atomic E-state index is 13.0. The highest BCUT2D eigenvalue weighted by molar-refractivity contribution is 5.62. The molecule has 1 aromatic carbocycles. The highest BCUT2D eigenvalue weighted by Gasteiger charge is 2.34. The van der Waals surface area contributed by atoms with E-state index >= 15 is 0 Å². The van der Waals surface area contributed by atoms with Gasteiger partial charge < -0.3 is 10.2 Å². The smallest absolute Gasteiger partial charge is 0.366 e. The maximum absolute atomic E-state index is 13.0. The molecular formula is C14H16F3N3. The molecule has 1 N–H and O–H groups in total. The van der Waals surface area contributed by atoms with E-state index < -0.39 is 11.7 Å². The largest absolute Gasteiger partial charge is 0.407 e. The van der Waals surface area contributed by atoms with Crippen molar-refractivity contribution in [3.05, 3.63) is 35.2 Å². The van der Waals surface area contributed by atoms with Crippen molar-refractivity contribution in [2.24, 2.45) is 0 Å². The van der Waals surface area contributed by atoms with Crippen LogP contribution in [-0.4, -0.2) is 25.7 Å². The van der Waals surface area contributed by atoms with E-state index in [1.807, 2.05) is 11.8 Å². The van der Waals surface area contributed by atoms with E-state index in [4.69, 9.17) is 6.57 Å². The minimum absolute atomic E-state index is 0.184. The summed E-state index contributed by atoms with van der Waals surface area (Å²) in [4.78, 5) is 4.95. The Bertz CT molecular complexity index is 519. The van der Waals surface area contributed by atoms with Gasteiger partial charge in [0.1, 0.15) is 0 Å². The van der Waals surface area contributed by atoms with E-state index in [2.05, 4.69) is 10.2 Å². The number of rotatable bonds is 2. The quantitative estimate of drug-likeness (QED) is 0.839. The van der Waals surface area contributed by atoms with Crippen molar-refractivity contribution in [2.45, 2.75) is 25.6 Å². The number of nitrogens with one attached hydrogen (secondary N) is 1. The van der Waals surface area contributed by atoms with Crippen LogP contribution in [0.15, 0.2) is 18.2 Å². The molecule has 0 amide bonds. The van der Waals surface area contributed by atoms with Gasteiger partial charge in [0.25, 0.3) is 0 Å². The van der Waals surface area contributed by atoms with Crippen LogP contribution in [0.25, 0.3) is 4.85 Å². The number of piperazine rings is 1. The van der Waals surface area contributed by atoms with Gasteiger partial charge in [-0.25, -0.2) is 4.85 Å². The fourth-order valence-corrected chi connectivity index (χ4v) is 2.49. The third-order valence-corrected chi connectivity index (χ3v) is 3.56. The summed E-state index contributed by atoms with van der Waals surface area (Å²) in [6.45, 7) is 11.1. The van der Waals surface area contributed by atoms with Gasteiger partial charge in [-0.2, -0.15) is 13.2 Å². The fraction of sp³-hybridized carbons (Fsp3) is 0.500. The highest BCUT2D eigenvalue weighted by atomic mass is 19.4. The number of alkyl halides is 3. The molecule has 1 atom stereocenters. The zero-order valence-electron chi connectivity index (χ0n) is 11.2. The summed E-state index contributed by atoms with van der Waals surface area (Å²) >= 11 is 0. The molecule has 1 fully saturated rings. The first kappa shape index (κ1) is 14.7. The lowest BCUT2D eigenvalue weighted by Gasteiger charge is -2.38. The Hall–Kier alpha value is -1.74. The second-order valence-electron chi connectivity index (χ2n) is 4.77. The van der Waals surface area contributed by atoms with Crippen molar-refractivity contribution < 1.29 is 13.2 Å². The Morgan fingerprint density at radius 3 is 2.80 bits per heavy atom. The molecule has 1 aliphatic rings. The summed E-state index contributed by atoms with van der Waals surface area (Å²) < 4.78 is 39.0. The van der Waals surface area contributed by atoms with Crippen molar-refractivity contribution >= 4 is 11.4 Å². The molecule has 0 aliphatic carbocycles. The summed E-state index contributed by atoms with van der Waals surface area (Å²) in [5.74, 6) is 0. The van der Waals surface area contributed by atoms with Crippen molar-refractivity contribution in [2.75, 3.05) is 24.5 Å². The third-order valence-electron chi connectivity index (χ3n) is 3.56. The van der Waals surface area contributed by atoms with Crippen LogP contribution < -0.4 is 10.2 Å². The van der Waals surface area contributed by atoms with E-state index in [0.717, 1.165) is 25.6 Å². The molecule has 1 heterocycles. The van der Waals surface area contributed by atoms with Gasteiger partial charge in [-0.1, -0.05) is 13.0 Å². The van der Waals surface area contributed by atoms with Crippen molar-refractivity contribution in [1.82, 2.24) is 5.32 Å². The Morgan fingerprint density at radius 1 is 1.45 bits per heavy atom. The normalized spacial score (nSPS) is 19.8. The van der Waals surface area contributed by atoms with Crippen LogP contribution in [0.3, 0.4) is 0 Å². The summed E-state index contributed by atoms with van der Waals surface area (Å²) in [5.41, 5.74) is -0.652. The van der Waals surface area contributed by atoms with E-state index in [9.17, 15) is 13.2 Å². The first-order valence-corrected chi connectivity index (χ1v) is 6.53. The number of hydrogen-bond acceptors (Lipinski definition) is 2. The topological polar surface area (TPSA) is 19.6 Å². The van der Waals surface area contributed by atoms with Gasteiger partial charge in [0.05, 0.1) is 12.1 Å². The lowest BCUT2D eigenvalue weighted by Crippen LogP contribution is -2.51. The average Bonchev–Trinajstić information content (AvgIpc) is 2.45. The SMILES string of the molecule is [C-]#[N+]c1ccc(N2CCNCC2CC)cc1C(F)(F)F. The van der Waals surface area contributed by atoms with Gasteiger partial charge >= 0.3 is 6.18 Å². The number of hydrogen-bond donors (Lipinski definition) is 1. The van der Waals surface area contributed by atoms with Gasteiger partial charge in [-0.05, 0) is 18.6 Å². The van der Waals surface area contributed by atoms with Gasteiger partial charge in [0.2, 0.25) is 0 Å². The Morgan fingerprint density at radius 2 is 2.20 bits per heavy atom. The molecule has 6 heteroatoms. The summed E-state index contributed by atoms with van der Waals surface area (Å²) in [5, 5.41) is 3.24. The summed E-state index contributed by atoms with van der Waals surface area (Å²) in [7, 11) is 0. The summed E-state index contributed by atoms with van der Waals surface area (Å²) in [6, 6.07) is 4.15. The van der Waals surface area contributed by atoms with Gasteiger partial charge in [-0.15, -0.1) is 0 Å². The molecule has 0 bridgehead atoms. The summed E-state index contributed by atoms with van der Waals surface area (Å²) in [6.07, 6.45) is -3.63. The van der Waals surface area contributed by atoms with Crippen LogP contribution in [0.2, 0.25) is 0 Å². The number of benzene rings is 1. The lowest BCUT2D eigenvalue weighted by atomic mass is 10.1. The minimum atomic E-state index is -4.49. The van der Waals surface area contributed by atoms with Gasteiger partial charge in [-0.3, -0.25) is 0 Å². The van der Waals surface area contributed by atoms with E-state index in [1.165, 1.54) is 6.07 Å². The third kappa shape index (κ3) is 2.88. The molecule has 2 rings (SSSR count). The average molecular weight is 283 g/mol. The molecule has 1 saturated heterocycles. The van der Waals surface area contributed by atoms with Gasteiger partial charge in [0, 0.05) is 31.4 Å².